The van der Waals surface area contributed by atoms with Crippen molar-refractivity contribution >= 4 is 0 Å². The molecule has 15 heavy (non-hydrogen) atoms. The van der Waals surface area contributed by atoms with Crippen molar-refractivity contribution in [2.45, 2.75) is 46.5 Å². The van der Waals surface area contributed by atoms with Gasteiger partial charge in [-0.25, -0.2) is 0 Å². The molecule has 1 saturated carbocycles. The first-order valence-corrected chi connectivity index (χ1v) is 6.62. The number of rotatable bonds is 8. The van der Waals surface area contributed by atoms with Crippen LogP contribution in [0.2, 0.25) is 0 Å². The van der Waals surface area contributed by atoms with Gasteiger partial charge in [-0.05, 0) is 50.1 Å². The Balaban J connectivity index is 2.44. The van der Waals surface area contributed by atoms with Crippen LogP contribution in [0.4, 0.5) is 0 Å². The summed E-state index contributed by atoms with van der Waals surface area (Å²) in [5, 5.41) is 0. The van der Waals surface area contributed by atoms with Crippen LogP contribution in [0, 0.1) is 11.3 Å². The molecule has 1 fully saturated rings. The van der Waals surface area contributed by atoms with Gasteiger partial charge < -0.3 is 10.6 Å². The van der Waals surface area contributed by atoms with Crippen molar-refractivity contribution in [3.8, 4) is 0 Å². The minimum Gasteiger partial charge on any atom is -0.330 e. The van der Waals surface area contributed by atoms with Crippen LogP contribution in [0.5, 0.6) is 0 Å². The van der Waals surface area contributed by atoms with Gasteiger partial charge >= 0.3 is 0 Å². The van der Waals surface area contributed by atoms with Crippen LogP contribution < -0.4 is 5.73 Å². The fraction of sp³-hybridized carbons (Fsp3) is 1.00. The zero-order chi connectivity index (χ0) is 11.3. The highest BCUT2D eigenvalue weighted by molar-refractivity contribution is 4.84. The maximum absolute atomic E-state index is 5.95. The minimum absolute atomic E-state index is 0.366. The highest BCUT2D eigenvalue weighted by Crippen LogP contribution is 2.32. The number of hydrogen-bond acceptors (Lipinski definition) is 2. The predicted octanol–water partition coefficient (Wildman–Crippen LogP) is 2.48. The lowest BCUT2D eigenvalue weighted by atomic mass is 9.82. The van der Waals surface area contributed by atoms with E-state index in [9.17, 15) is 0 Å². The summed E-state index contributed by atoms with van der Waals surface area (Å²) >= 11 is 0. The van der Waals surface area contributed by atoms with E-state index in [-0.39, 0.29) is 0 Å². The molecule has 1 aliphatic rings. The molecule has 1 aliphatic carbocycles. The normalized spacial score (nSPS) is 17.4. The number of hydrogen-bond donors (Lipinski definition) is 1. The summed E-state index contributed by atoms with van der Waals surface area (Å²) in [6.45, 7) is 11.3. The maximum Gasteiger partial charge on any atom is 0.00499 e. The van der Waals surface area contributed by atoms with Crippen LogP contribution in [0.1, 0.15) is 46.5 Å². The van der Waals surface area contributed by atoms with Gasteiger partial charge in [0.1, 0.15) is 0 Å². The Kier molecular flexibility index (Phi) is 5.07. The van der Waals surface area contributed by atoms with E-state index >= 15 is 0 Å². The Labute approximate surface area is 95.2 Å². The summed E-state index contributed by atoms with van der Waals surface area (Å²) in [7, 11) is 0. The molecule has 90 valence electrons. The van der Waals surface area contributed by atoms with Gasteiger partial charge in [-0.1, -0.05) is 20.8 Å². The Morgan fingerprint density at radius 3 is 2.13 bits per heavy atom. The zero-order valence-corrected chi connectivity index (χ0v) is 10.8. The van der Waals surface area contributed by atoms with Crippen LogP contribution in [0.15, 0.2) is 0 Å². The molecule has 0 bridgehead atoms. The molecule has 0 aromatic rings. The zero-order valence-electron chi connectivity index (χ0n) is 10.8. The lowest BCUT2D eigenvalue weighted by Crippen LogP contribution is -2.42. The molecule has 0 heterocycles. The van der Waals surface area contributed by atoms with Crippen LogP contribution in [-0.2, 0) is 0 Å². The first-order chi connectivity index (χ1) is 7.19. The molecule has 0 atom stereocenters. The topological polar surface area (TPSA) is 29.3 Å². The summed E-state index contributed by atoms with van der Waals surface area (Å²) < 4.78 is 0. The quantitative estimate of drug-likeness (QED) is 0.670. The second-order valence-corrected chi connectivity index (χ2v) is 5.18. The molecule has 2 N–H and O–H groups in total. The third kappa shape index (κ3) is 3.76. The van der Waals surface area contributed by atoms with Gasteiger partial charge in [-0.15, -0.1) is 0 Å². The van der Waals surface area contributed by atoms with E-state index in [1.165, 1.54) is 45.3 Å². The second kappa shape index (κ2) is 5.86. The monoisotopic (exact) mass is 212 g/mol. The molecule has 0 saturated heterocycles. The van der Waals surface area contributed by atoms with Crippen LogP contribution in [0.3, 0.4) is 0 Å². The molecular weight excluding hydrogens is 184 g/mol. The third-order valence-corrected chi connectivity index (χ3v) is 4.15. The van der Waals surface area contributed by atoms with Gasteiger partial charge in [-0.2, -0.15) is 0 Å². The van der Waals surface area contributed by atoms with E-state index in [1.807, 2.05) is 0 Å². The Hall–Kier alpha value is -0.0800. The fourth-order valence-corrected chi connectivity index (χ4v) is 2.27. The Morgan fingerprint density at radius 2 is 1.80 bits per heavy atom. The Bertz CT molecular complexity index is 163. The van der Waals surface area contributed by atoms with Gasteiger partial charge in [0.05, 0.1) is 0 Å². The minimum atomic E-state index is 0.366. The molecule has 2 nitrogen and oxygen atoms in total. The lowest BCUT2D eigenvalue weighted by Gasteiger charge is -2.36. The van der Waals surface area contributed by atoms with Gasteiger partial charge in [0, 0.05) is 13.1 Å². The molecule has 0 aromatic heterocycles. The van der Waals surface area contributed by atoms with Gasteiger partial charge in [-0.3, -0.25) is 0 Å². The van der Waals surface area contributed by atoms with E-state index < -0.39 is 0 Å². The lowest BCUT2D eigenvalue weighted by molar-refractivity contribution is 0.144. The molecule has 1 rings (SSSR count). The largest absolute Gasteiger partial charge is 0.330 e. The van der Waals surface area contributed by atoms with E-state index in [0.29, 0.717) is 5.41 Å². The van der Waals surface area contributed by atoms with Crippen molar-refractivity contribution in [3.63, 3.8) is 0 Å². The summed E-state index contributed by atoms with van der Waals surface area (Å²) in [5.74, 6) is 0.995. The number of nitrogens with zero attached hydrogens (tertiary/aromatic N) is 1. The highest BCUT2D eigenvalue weighted by atomic mass is 15.1. The highest BCUT2D eigenvalue weighted by Gasteiger charge is 2.30. The molecule has 0 amide bonds. The SMILES string of the molecule is CCN(CC1CC1)CC(CC)(CC)CN. The van der Waals surface area contributed by atoms with E-state index in [4.69, 9.17) is 5.73 Å². The van der Waals surface area contributed by atoms with Gasteiger partial charge in [0.25, 0.3) is 0 Å². The summed E-state index contributed by atoms with van der Waals surface area (Å²) in [6.07, 6.45) is 5.32. The van der Waals surface area contributed by atoms with Crippen molar-refractivity contribution in [2.24, 2.45) is 17.1 Å². The predicted molar refractivity (Wildman–Crippen MR) is 66.9 cm³/mol. The molecule has 0 radical (unpaired) electrons. The van der Waals surface area contributed by atoms with E-state index in [1.54, 1.807) is 0 Å². The summed E-state index contributed by atoms with van der Waals surface area (Å²) in [4.78, 5) is 2.61. The second-order valence-electron chi connectivity index (χ2n) is 5.18. The van der Waals surface area contributed by atoms with Crippen LogP contribution in [0.25, 0.3) is 0 Å². The van der Waals surface area contributed by atoms with Crippen molar-refractivity contribution < 1.29 is 0 Å². The molecule has 0 aliphatic heterocycles. The van der Waals surface area contributed by atoms with Crippen molar-refractivity contribution in [2.75, 3.05) is 26.2 Å². The van der Waals surface area contributed by atoms with Crippen LogP contribution in [-0.4, -0.2) is 31.1 Å². The van der Waals surface area contributed by atoms with Crippen molar-refractivity contribution in [3.05, 3.63) is 0 Å². The first-order valence-electron chi connectivity index (χ1n) is 6.62. The molecule has 2 heteroatoms. The average molecular weight is 212 g/mol. The Morgan fingerprint density at radius 1 is 1.20 bits per heavy atom. The van der Waals surface area contributed by atoms with Gasteiger partial charge in [0.2, 0.25) is 0 Å². The third-order valence-electron chi connectivity index (χ3n) is 4.15. The maximum atomic E-state index is 5.95. The van der Waals surface area contributed by atoms with E-state index in [2.05, 4.69) is 25.7 Å². The van der Waals surface area contributed by atoms with Crippen molar-refractivity contribution in [1.29, 1.82) is 0 Å². The molecule has 0 spiro atoms. The standard InChI is InChI=1S/C13H28N2/c1-4-13(5-2,10-14)11-15(6-3)9-12-7-8-12/h12H,4-11,14H2,1-3H3. The molecular formula is C13H28N2. The molecule has 0 unspecified atom stereocenters. The average Bonchev–Trinajstić information content (AvgIpc) is 3.08. The smallest absolute Gasteiger partial charge is 0.00499 e. The van der Waals surface area contributed by atoms with Crippen molar-refractivity contribution in [1.82, 2.24) is 4.90 Å². The summed E-state index contributed by atoms with van der Waals surface area (Å²) in [5.41, 5.74) is 6.32. The van der Waals surface area contributed by atoms with Crippen LogP contribution >= 0.6 is 0 Å². The fourth-order valence-electron chi connectivity index (χ4n) is 2.27. The molecule has 0 aromatic carbocycles. The van der Waals surface area contributed by atoms with E-state index in [0.717, 1.165) is 12.5 Å². The summed E-state index contributed by atoms with van der Waals surface area (Å²) in [6, 6.07) is 0. The first kappa shape index (κ1) is 13.0. The number of nitrogens with two attached hydrogens (primary N) is 1. The van der Waals surface area contributed by atoms with Gasteiger partial charge in [0.15, 0.2) is 0 Å².